The molecule has 0 saturated carbocycles. The largest absolute Gasteiger partial charge is 0.490 e. The van der Waals surface area contributed by atoms with Crippen molar-refractivity contribution in [3.8, 4) is 17.6 Å². The first kappa shape index (κ1) is 25.1. The molecule has 0 atom stereocenters. The van der Waals surface area contributed by atoms with Gasteiger partial charge in [0.25, 0.3) is 11.8 Å². The van der Waals surface area contributed by atoms with E-state index in [1.54, 1.807) is 13.0 Å². The Kier molecular flexibility index (Phi) is 8.30. The summed E-state index contributed by atoms with van der Waals surface area (Å²) in [5.74, 6) is -2.43. The number of nitrogens with one attached hydrogen (secondary N) is 1. The number of ether oxygens (including phenoxy) is 3. The molecule has 2 aromatic rings. The van der Waals surface area contributed by atoms with Crippen molar-refractivity contribution < 1.29 is 33.4 Å². The summed E-state index contributed by atoms with van der Waals surface area (Å²) in [4.78, 5) is 47.9. The maximum Gasteiger partial charge on any atom is 0.341 e. The molecule has 1 aromatic heterocycles. The Morgan fingerprint density at radius 3 is 2.48 bits per heavy atom. The molecule has 0 fully saturated rings. The molecular formula is C22H21N3O7S. The number of esters is 2. The third-order valence-electron chi connectivity index (χ3n) is 4.18. The summed E-state index contributed by atoms with van der Waals surface area (Å²) in [6, 6.07) is 6.31. The van der Waals surface area contributed by atoms with Crippen molar-refractivity contribution in [2.75, 3.05) is 19.0 Å². The minimum Gasteiger partial charge on any atom is -0.490 e. The van der Waals surface area contributed by atoms with Gasteiger partial charge >= 0.3 is 11.9 Å². The van der Waals surface area contributed by atoms with Crippen LogP contribution in [-0.2, 0) is 14.3 Å². The van der Waals surface area contributed by atoms with Gasteiger partial charge in [-0.1, -0.05) is 6.07 Å². The Labute approximate surface area is 193 Å². The van der Waals surface area contributed by atoms with Crippen molar-refractivity contribution in [2.45, 2.75) is 20.8 Å². The highest BCUT2D eigenvalue weighted by molar-refractivity contribution is 7.18. The van der Waals surface area contributed by atoms with Crippen LogP contribution in [0.4, 0.5) is 5.00 Å². The number of methoxy groups -OCH3 is 1. The lowest BCUT2D eigenvalue weighted by Crippen LogP contribution is -2.15. The van der Waals surface area contributed by atoms with Crippen LogP contribution in [0, 0.1) is 18.3 Å². The molecule has 2 rings (SSSR count). The first-order chi connectivity index (χ1) is 15.6. The molecule has 10 nitrogen and oxygen atoms in total. The second-order valence-electron chi connectivity index (χ2n) is 6.47. The summed E-state index contributed by atoms with van der Waals surface area (Å²) in [5.41, 5.74) is 5.71. The van der Waals surface area contributed by atoms with Crippen LogP contribution in [0.2, 0.25) is 0 Å². The fourth-order valence-electron chi connectivity index (χ4n) is 2.79. The molecule has 2 amide bonds. The van der Waals surface area contributed by atoms with E-state index < -0.39 is 23.8 Å². The number of thiophene rings is 1. The lowest BCUT2D eigenvalue weighted by Gasteiger charge is -2.10. The Balaban J connectivity index is 2.42. The predicted octanol–water partition coefficient (Wildman–Crippen LogP) is 2.81. The van der Waals surface area contributed by atoms with E-state index in [0.717, 1.165) is 18.4 Å². The maximum absolute atomic E-state index is 12.8. The van der Waals surface area contributed by atoms with Crippen LogP contribution >= 0.6 is 11.3 Å². The van der Waals surface area contributed by atoms with Gasteiger partial charge in [-0.25, -0.2) is 4.79 Å². The van der Waals surface area contributed by atoms with Crippen molar-refractivity contribution in [3.05, 3.63) is 45.3 Å². The summed E-state index contributed by atoms with van der Waals surface area (Å²) in [5, 5.41) is 12.0. The zero-order valence-electron chi connectivity index (χ0n) is 18.3. The topological polar surface area (TPSA) is 158 Å². The van der Waals surface area contributed by atoms with Crippen molar-refractivity contribution in [2.24, 2.45) is 5.73 Å². The minimum absolute atomic E-state index is 0.0219. The van der Waals surface area contributed by atoms with E-state index in [0.29, 0.717) is 12.2 Å². The SMILES string of the molecule is CCOc1cc(/C=C(\C#N)C(=O)Nc2sc(C(N)=O)c(C)c2C(=O)OC)ccc1OC(C)=O. The molecule has 0 bridgehead atoms. The van der Waals surface area contributed by atoms with E-state index in [1.807, 2.05) is 0 Å². The van der Waals surface area contributed by atoms with Crippen LogP contribution in [-0.4, -0.2) is 37.5 Å². The Hall–Kier alpha value is -4.17. The van der Waals surface area contributed by atoms with Gasteiger partial charge in [-0.3, -0.25) is 14.4 Å². The van der Waals surface area contributed by atoms with E-state index in [4.69, 9.17) is 19.9 Å². The molecule has 1 aromatic carbocycles. The third-order valence-corrected chi connectivity index (χ3v) is 5.41. The van der Waals surface area contributed by atoms with E-state index in [9.17, 15) is 24.4 Å². The van der Waals surface area contributed by atoms with Gasteiger partial charge in [0.2, 0.25) is 0 Å². The first-order valence-electron chi connectivity index (χ1n) is 9.52. The number of amides is 2. The van der Waals surface area contributed by atoms with Crippen LogP contribution in [0.15, 0.2) is 23.8 Å². The van der Waals surface area contributed by atoms with Gasteiger partial charge in [-0.2, -0.15) is 5.26 Å². The lowest BCUT2D eigenvalue weighted by atomic mass is 10.1. The smallest absolute Gasteiger partial charge is 0.341 e. The lowest BCUT2D eigenvalue weighted by molar-refractivity contribution is -0.132. The van der Waals surface area contributed by atoms with Gasteiger partial charge in [0.1, 0.15) is 16.6 Å². The molecule has 0 aliphatic heterocycles. The Bertz CT molecular complexity index is 1190. The molecule has 0 spiro atoms. The number of anilines is 1. The van der Waals surface area contributed by atoms with Gasteiger partial charge in [0.05, 0.1) is 24.2 Å². The molecule has 172 valence electrons. The summed E-state index contributed by atoms with van der Waals surface area (Å²) in [7, 11) is 1.16. The van der Waals surface area contributed by atoms with Crippen molar-refractivity contribution in [3.63, 3.8) is 0 Å². The Morgan fingerprint density at radius 2 is 1.94 bits per heavy atom. The van der Waals surface area contributed by atoms with Gasteiger partial charge < -0.3 is 25.3 Å². The molecule has 0 radical (unpaired) electrons. The molecule has 1 heterocycles. The zero-order valence-corrected chi connectivity index (χ0v) is 19.1. The van der Waals surface area contributed by atoms with Crippen LogP contribution in [0.1, 0.15) is 45.0 Å². The molecule has 0 aliphatic rings. The van der Waals surface area contributed by atoms with E-state index in [-0.39, 0.29) is 38.1 Å². The van der Waals surface area contributed by atoms with Crippen molar-refractivity contribution in [1.29, 1.82) is 5.26 Å². The van der Waals surface area contributed by atoms with E-state index in [1.165, 1.54) is 38.1 Å². The average molecular weight is 471 g/mol. The van der Waals surface area contributed by atoms with Crippen LogP contribution in [0.5, 0.6) is 11.5 Å². The van der Waals surface area contributed by atoms with E-state index >= 15 is 0 Å². The second kappa shape index (κ2) is 10.9. The van der Waals surface area contributed by atoms with Crippen molar-refractivity contribution >= 4 is 46.2 Å². The number of benzene rings is 1. The highest BCUT2D eigenvalue weighted by atomic mass is 32.1. The first-order valence-corrected chi connectivity index (χ1v) is 10.3. The summed E-state index contributed by atoms with van der Waals surface area (Å²) in [6.07, 6.45) is 1.29. The highest BCUT2D eigenvalue weighted by Crippen LogP contribution is 2.34. The molecule has 3 N–H and O–H groups in total. The monoisotopic (exact) mass is 471 g/mol. The molecule has 0 aliphatic carbocycles. The van der Waals surface area contributed by atoms with Crippen LogP contribution in [0.3, 0.4) is 0 Å². The molecule has 11 heteroatoms. The standard InChI is InChI=1S/C22H21N3O7S/c1-5-31-16-9-13(6-7-15(16)32-12(3)26)8-14(10-23)20(28)25-21-17(22(29)30-4)11(2)18(33-21)19(24)27/h6-9H,5H2,1-4H3,(H2,24,27)(H,25,28)/b14-8+. The molecule has 0 unspecified atom stereocenters. The normalized spacial score (nSPS) is 10.7. The number of nitrogens with zero attached hydrogens (tertiary/aromatic N) is 1. The van der Waals surface area contributed by atoms with Crippen molar-refractivity contribution in [1.82, 2.24) is 0 Å². The fourth-order valence-corrected chi connectivity index (χ4v) is 3.83. The quantitative estimate of drug-likeness (QED) is 0.257. The predicted molar refractivity (Wildman–Crippen MR) is 120 cm³/mol. The number of primary amides is 1. The van der Waals surface area contributed by atoms with E-state index in [2.05, 4.69) is 5.32 Å². The average Bonchev–Trinajstić information content (AvgIpc) is 3.08. The van der Waals surface area contributed by atoms with Crippen LogP contribution in [0.25, 0.3) is 6.08 Å². The number of hydrogen-bond donors (Lipinski definition) is 2. The fraction of sp³-hybridized carbons (Fsp3) is 0.227. The van der Waals surface area contributed by atoms with Gasteiger partial charge in [-0.15, -0.1) is 11.3 Å². The summed E-state index contributed by atoms with van der Waals surface area (Å²) >= 11 is 0.805. The number of rotatable bonds is 8. The zero-order chi connectivity index (χ0) is 24.7. The third kappa shape index (κ3) is 5.96. The summed E-state index contributed by atoms with van der Waals surface area (Å²) < 4.78 is 15.3. The van der Waals surface area contributed by atoms with Crippen LogP contribution < -0.4 is 20.5 Å². The number of hydrogen-bond acceptors (Lipinski definition) is 9. The maximum atomic E-state index is 12.8. The molecule has 33 heavy (non-hydrogen) atoms. The number of nitriles is 1. The number of carbonyl (C=O) groups excluding carboxylic acids is 4. The number of nitrogens with two attached hydrogens (primary N) is 1. The second-order valence-corrected chi connectivity index (χ2v) is 7.49. The Morgan fingerprint density at radius 1 is 1.24 bits per heavy atom. The highest BCUT2D eigenvalue weighted by Gasteiger charge is 2.26. The van der Waals surface area contributed by atoms with Gasteiger partial charge in [0, 0.05) is 6.92 Å². The summed E-state index contributed by atoms with van der Waals surface area (Å²) in [6.45, 7) is 4.79. The molecule has 0 saturated heterocycles. The number of carbonyl (C=O) groups is 4. The van der Waals surface area contributed by atoms with Gasteiger partial charge in [-0.05, 0) is 43.2 Å². The minimum atomic E-state index is -0.818. The van der Waals surface area contributed by atoms with Gasteiger partial charge in [0.15, 0.2) is 11.5 Å². The molecular weight excluding hydrogens is 450 g/mol.